The van der Waals surface area contributed by atoms with Gasteiger partial charge in [0.1, 0.15) is 11.6 Å². The van der Waals surface area contributed by atoms with Crippen LogP contribution in [0.1, 0.15) is 26.2 Å². The molecule has 0 saturated carbocycles. The summed E-state index contributed by atoms with van der Waals surface area (Å²) in [5.41, 5.74) is 2.24. The van der Waals surface area contributed by atoms with Crippen molar-refractivity contribution >= 4 is 17.4 Å². The summed E-state index contributed by atoms with van der Waals surface area (Å²) in [6.07, 6.45) is 2.91. The number of benzene rings is 2. The van der Waals surface area contributed by atoms with Crippen LogP contribution < -0.4 is 15.0 Å². The highest BCUT2D eigenvalue weighted by atomic mass is 19.1. The molecule has 2 aromatic carbocycles. The largest absolute Gasteiger partial charge is 0.481 e. The number of halogens is 1. The van der Waals surface area contributed by atoms with E-state index in [-0.39, 0.29) is 11.7 Å². The van der Waals surface area contributed by atoms with Gasteiger partial charge in [-0.25, -0.2) is 4.39 Å². The normalized spacial score (nSPS) is 14.7. The van der Waals surface area contributed by atoms with Crippen LogP contribution in [0.15, 0.2) is 60.7 Å². The molecule has 1 aliphatic rings. The number of rotatable bonds is 6. The Balaban J connectivity index is 1.40. The maximum Gasteiger partial charge on any atom is 0.265 e. The summed E-state index contributed by atoms with van der Waals surface area (Å²) in [4.78, 5) is 14.8. The van der Waals surface area contributed by atoms with Crippen LogP contribution in [0.3, 0.4) is 0 Å². The second-order valence-electron chi connectivity index (χ2n) is 7.61. The van der Waals surface area contributed by atoms with Crippen LogP contribution in [0.2, 0.25) is 0 Å². The summed E-state index contributed by atoms with van der Waals surface area (Å²) < 4.78 is 18.6. The fraction of sp³-hybridized carbons (Fsp3) is 0.292. The van der Waals surface area contributed by atoms with E-state index in [0.29, 0.717) is 11.4 Å². The molecule has 0 radical (unpaired) electrons. The van der Waals surface area contributed by atoms with E-state index in [1.807, 2.05) is 36.4 Å². The van der Waals surface area contributed by atoms with Gasteiger partial charge in [-0.1, -0.05) is 12.1 Å². The molecule has 7 heteroatoms. The van der Waals surface area contributed by atoms with Gasteiger partial charge in [0.2, 0.25) is 0 Å². The zero-order valence-corrected chi connectivity index (χ0v) is 17.4. The van der Waals surface area contributed by atoms with Gasteiger partial charge in [0.15, 0.2) is 11.9 Å². The SMILES string of the molecule is CC(Oc1ccc(F)cc1)C(=O)Nc1cccc(-c2ccc(N3CCCCC3)nn2)c1. The first-order chi connectivity index (χ1) is 15.1. The van der Waals surface area contributed by atoms with Crippen molar-refractivity contribution in [2.24, 2.45) is 0 Å². The van der Waals surface area contributed by atoms with E-state index >= 15 is 0 Å². The van der Waals surface area contributed by atoms with Gasteiger partial charge < -0.3 is 15.0 Å². The summed E-state index contributed by atoms with van der Waals surface area (Å²) in [7, 11) is 0. The first kappa shape index (κ1) is 20.8. The number of aromatic nitrogens is 2. The van der Waals surface area contributed by atoms with Gasteiger partial charge >= 0.3 is 0 Å². The number of hydrogen-bond donors (Lipinski definition) is 1. The Morgan fingerprint density at radius 1 is 1.03 bits per heavy atom. The molecule has 2 heterocycles. The van der Waals surface area contributed by atoms with Crippen molar-refractivity contribution in [2.45, 2.75) is 32.3 Å². The number of ether oxygens (including phenoxy) is 1. The van der Waals surface area contributed by atoms with Gasteiger partial charge in [0.05, 0.1) is 5.69 Å². The van der Waals surface area contributed by atoms with Gasteiger partial charge in [-0.15, -0.1) is 10.2 Å². The monoisotopic (exact) mass is 420 g/mol. The standard InChI is InChI=1S/C24H25FN4O2/c1-17(31-21-10-8-19(25)9-11-21)24(30)26-20-7-5-6-18(16-20)22-12-13-23(28-27-22)29-14-3-2-4-15-29/h5-13,16-17H,2-4,14-15H2,1H3,(H,26,30). The number of nitrogens with one attached hydrogen (secondary N) is 1. The number of hydrogen-bond acceptors (Lipinski definition) is 5. The third-order valence-corrected chi connectivity index (χ3v) is 5.25. The highest BCUT2D eigenvalue weighted by Gasteiger charge is 2.16. The molecule has 4 rings (SSSR count). The maximum absolute atomic E-state index is 13.0. The highest BCUT2D eigenvalue weighted by molar-refractivity contribution is 5.94. The van der Waals surface area contributed by atoms with Crippen LogP contribution in [0, 0.1) is 5.82 Å². The predicted octanol–water partition coefficient (Wildman–Crippen LogP) is 4.68. The van der Waals surface area contributed by atoms with Gasteiger partial charge in [0.25, 0.3) is 5.91 Å². The fourth-order valence-corrected chi connectivity index (χ4v) is 3.54. The van der Waals surface area contributed by atoms with Crippen molar-refractivity contribution in [1.29, 1.82) is 0 Å². The lowest BCUT2D eigenvalue weighted by Crippen LogP contribution is -2.30. The zero-order chi connectivity index (χ0) is 21.6. The van der Waals surface area contributed by atoms with Crippen molar-refractivity contribution in [1.82, 2.24) is 10.2 Å². The summed E-state index contributed by atoms with van der Waals surface area (Å²) in [5, 5.41) is 11.6. The van der Waals surface area contributed by atoms with E-state index in [0.717, 1.165) is 30.2 Å². The topological polar surface area (TPSA) is 67.3 Å². The molecule has 6 nitrogen and oxygen atoms in total. The van der Waals surface area contributed by atoms with Crippen molar-refractivity contribution in [3.8, 4) is 17.0 Å². The summed E-state index contributed by atoms with van der Waals surface area (Å²) >= 11 is 0. The molecule has 1 amide bonds. The molecule has 3 aromatic rings. The van der Waals surface area contributed by atoms with Gasteiger partial charge in [-0.3, -0.25) is 4.79 Å². The Hall–Kier alpha value is -3.48. The van der Waals surface area contributed by atoms with Crippen LogP contribution in [-0.2, 0) is 4.79 Å². The average Bonchev–Trinajstić information content (AvgIpc) is 2.81. The van der Waals surface area contributed by atoms with Crippen molar-refractivity contribution < 1.29 is 13.9 Å². The first-order valence-electron chi connectivity index (χ1n) is 10.5. The van der Waals surface area contributed by atoms with Crippen LogP contribution in [0.25, 0.3) is 11.3 Å². The molecule has 1 N–H and O–H groups in total. The third-order valence-electron chi connectivity index (χ3n) is 5.25. The second kappa shape index (κ2) is 9.55. The molecular formula is C24H25FN4O2. The first-order valence-corrected chi connectivity index (χ1v) is 10.5. The Morgan fingerprint density at radius 2 is 1.81 bits per heavy atom. The minimum Gasteiger partial charge on any atom is -0.481 e. The number of amides is 1. The van der Waals surface area contributed by atoms with E-state index in [2.05, 4.69) is 20.4 Å². The summed E-state index contributed by atoms with van der Waals surface area (Å²) in [5.74, 6) is 0.683. The molecule has 1 fully saturated rings. The van der Waals surface area contributed by atoms with Gasteiger partial charge in [-0.2, -0.15) is 0 Å². The van der Waals surface area contributed by atoms with E-state index in [1.165, 1.54) is 43.5 Å². The zero-order valence-electron chi connectivity index (χ0n) is 17.4. The quantitative estimate of drug-likeness (QED) is 0.627. The van der Waals surface area contributed by atoms with Crippen molar-refractivity contribution in [2.75, 3.05) is 23.3 Å². The summed E-state index contributed by atoms with van der Waals surface area (Å²) in [6, 6.07) is 17.0. The number of anilines is 2. The van der Waals surface area contributed by atoms with Crippen LogP contribution >= 0.6 is 0 Å². The average molecular weight is 420 g/mol. The number of piperidine rings is 1. The van der Waals surface area contributed by atoms with E-state index in [9.17, 15) is 9.18 Å². The molecule has 31 heavy (non-hydrogen) atoms. The number of nitrogens with zero attached hydrogens (tertiary/aromatic N) is 3. The highest BCUT2D eigenvalue weighted by Crippen LogP contribution is 2.23. The minimum absolute atomic E-state index is 0.298. The van der Waals surface area contributed by atoms with E-state index in [1.54, 1.807) is 6.92 Å². The van der Waals surface area contributed by atoms with Gasteiger partial charge in [0, 0.05) is 24.3 Å². The van der Waals surface area contributed by atoms with E-state index < -0.39 is 6.10 Å². The van der Waals surface area contributed by atoms with Crippen molar-refractivity contribution in [3.63, 3.8) is 0 Å². The van der Waals surface area contributed by atoms with E-state index in [4.69, 9.17) is 4.74 Å². The van der Waals surface area contributed by atoms with Crippen molar-refractivity contribution in [3.05, 3.63) is 66.5 Å². The lowest BCUT2D eigenvalue weighted by Gasteiger charge is -2.27. The molecule has 1 saturated heterocycles. The number of carbonyl (C=O) groups excluding carboxylic acids is 1. The lowest BCUT2D eigenvalue weighted by molar-refractivity contribution is -0.122. The van der Waals surface area contributed by atoms with Crippen LogP contribution in [0.5, 0.6) is 5.75 Å². The summed E-state index contributed by atoms with van der Waals surface area (Å²) in [6.45, 7) is 3.69. The molecule has 0 aliphatic carbocycles. The number of carbonyl (C=O) groups is 1. The molecular weight excluding hydrogens is 395 g/mol. The molecule has 1 aliphatic heterocycles. The molecule has 0 bridgehead atoms. The smallest absolute Gasteiger partial charge is 0.265 e. The predicted molar refractivity (Wildman–Crippen MR) is 119 cm³/mol. The van der Waals surface area contributed by atoms with Gasteiger partial charge in [-0.05, 0) is 74.7 Å². The Morgan fingerprint density at radius 3 is 2.52 bits per heavy atom. The molecule has 1 aromatic heterocycles. The Labute approximate surface area is 181 Å². The minimum atomic E-state index is -0.738. The Bertz CT molecular complexity index is 1020. The fourth-order valence-electron chi connectivity index (χ4n) is 3.54. The van der Waals surface area contributed by atoms with Crippen LogP contribution in [0.4, 0.5) is 15.9 Å². The lowest BCUT2D eigenvalue weighted by atomic mass is 10.1. The second-order valence-corrected chi connectivity index (χ2v) is 7.61. The Kier molecular flexibility index (Phi) is 6.40. The molecule has 1 unspecified atom stereocenters. The molecule has 0 spiro atoms. The molecule has 1 atom stereocenters. The maximum atomic E-state index is 13.0. The third kappa shape index (κ3) is 5.36. The van der Waals surface area contributed by atoms with Crippen LogP contribution in [-0.4, -0.2) is 35.3 Å². The molecule has 160 valence electrons.